The van der Waals surface area contributed by atoms with Crippen molar-refractivity contribution in [1.82, 2.24) is 4.57 Å². The van der Waals surface area contributed by atoms with Crippen molar-refractivity contribution in [1.29, 1.82) is 0 Å². The summed E-state index contributed by atoms with van der Waals surface area (Å²) < 4.78 is 42.8. The second-order valence-corrected chi connectivity index (χ2v) is 10.9. The van der Waals surface area contributed by atoms with Crippen molar-refractivity contribution < 1.29 is 17.9 Å². The van der Waals surface area contributed by atoms with Gasteiger partial charge in [0.2, 0.25) is 0 Å². The van der Waals surface area contributed by atoms with Crippen LogP contribution in [0.5, 0.6) is 11.5 Å². The van der Waals surface area contributed by atoms with Crippen LogP contribution in [0.4, 0.5) is 5.69 Å². The number of hydrogen-bond donors (Lipinski definition) is 1. The topological polar surface area (TPSA) is 69.6 Å². The van der Waals surface area contributed by atoms with E-state index >= 15 is 0 Å². The quantitative estimate of drug-likeness (QED) is 0.293. The van der Waals surface area contributed by atoms with Crippen molar-refractivity contribution in [2.24, 2.45) is 7.05 Å². The molecular weight excluding hydrogens is 484 g/mol. The number of nitrogens with one attached hydrogen (secondary N) is 1. The van der Waals surface area contributed by atoms with E-state index in [1.807, 2.05) is 49.5 Å². The van der Waals surface area contributed by atoms with Crippen molar-refractivity contribution >= 4 is 26.6 Å². The Kier molecular flexibility index (Phi) is 5.65. The third kappa shape index (κ3) is 4.11. The first-order valence-electron chi connectivity index (χ1n) is 12.0. The molecule has 1 aliphatic rings. The normalized spacial score (nSPS) is 16.8. The van der Waals surface area contributed by atoms with Gasteiger partial charge in [0.25, 0.3) is 10.0 Å². The molecule has 1 N–H and O–H groups in total. The van der Waals surface area contributed by atoms with Crippen LogP contribution in [0.3, 0.4) is 0 Å². The summed E-state index contributed by atoms with van der Waals surface area (Å²) in [6.45, 7) is 0. The van der Waals surface area contributed by atoms with Gasteiger partial charge in [0.15, 0.2) is 0 Å². The zero-order valence-electron chi connectivity index (χ0n) is 20.5. The van der Waals surface area contributed by atoms with Crippen LogP contribution in [0.25, 0.3) is 10.9 Å². The minimum absolute atomic E-state index is 0.104. The van der Waals surface area contributed by atoms with Gasteiger partial charge in [-0.3, -0.25) is 4.72 Å². The Balaban J connectivity index is 1.41. The van der Waals surface area contributed by atoms with Crippen LogP contribution in [-0.2, 0) is 17.1 Å². The highest BCUT2D eigenvalue weighted by Gasteiger charge is 2.38. The number of rotatable bonds is 6. The highest BCUT2D eigenvalue weighted by molar-refractivity contribution is 7.92. The predicted octanol–water partition coefficient (Wildman–Crippen LogP) is 6.25. The number of nitrogens with zero attached hydrogens (tertiary/aromatic N) is 1. The Morgan fingerprint density at radius 3 is 2.35 bits per heavy atom. The molecule has 0 aliphatic carbocycles. The van der Waals surface area contributed by atoms with E-state index in [4.69, 9.17) is 9.47 Å². The maximum absolute atomic E-state index is 13.1. The molecule has 2 atom stereocenters. The second-order valence-electron chi connectivity index (χ2n) is 9.17. The lowest BCUT2D eigenvalue weighted by molar-refractivity contribution is 0.224. The average molecular weight is 511 g/mol. The molecule has 0 unspecified atom stereocenters. The summed E-state index contributed by atoms with van der Waals surface area (Å²) >= 11 is 0. The smallest absolute Gasteiger partial charge is 0.261 e. The van der Waals surface area contributed by atoms with Crippen molar-refractivity contribution in [2.45, 2.75) is 16.9 Å². The Morgan fingerprint density at radius 1 is 0.865 bits per heavy atom. The van der Waals surface area contributed by atoms with Crippen molar-refractivity contribution in [3.8, 4) is 11.5 Å². The van der Waals surface area contributed by atoms with Gasteiger partial charge >= 0.3 is 0 Å². The zero-order chi connectivity index (χ0) is 25.6. The number of para-hydroxylation sites is 1. The molecule has 2 heterocycles. The Morgan fingerprint density at radius 2 is 1.59 bits per heavy atom. The minimum atomic E-state index is -3.78. The fraction of sp³-hybridized carbons (Fsp3) is 0.133. The number of hydrogen-bond acceptors (Lipinski definition) is 4. The monoisotopic (exact) mass is 510 g/mol. The van der Waals surface area contributed by atoms with E-state index in [0.29, 0.717) is 11.4 Å². The molecule has 0 amide bonds. The van der Waals surface area contributed by atoms with Crippen LogP contribution in [0.1, 0.15) is 28.7 Å². The number of sulfonamides is 1. The van der Waals surface area contributed by atoms with Crippen LogP contribution < -0.4 is 14.2 Å². The molecule has 0 spiro atoms. The Bertz CT molecular complexity index is 1690. The van der Waals surface area contributed by atoms with Crippen LogP contribution in [0.15, 0.2) is 108 Å². The summed E-state index contributed by atoms with van der Waals surface area (Å²) in [5.41, 5.74) is 4.77. The van der Waals surface area contributed by atoms with Crippen LogP contribution >= 0.6 is 0 Å². The van der Waals surface area contributed by atoms with Crippen molar-refractivity contribution in [2.75, 3.05) is 11.8 Å². The number of fused-ring (bicyclic) bond motifs is 2. The maximum Gasteiger partial charge on any atom is 0.261 e. The van der Waals surface area contributed by atoms with Gasteiger partial charge in [0, 0.05) is 41.0 Å². The largest absolute Gasteiger partial charge is 0.497 e. The number of benzene rings is 4. The number of aromatic nitrogens is 1. The molecular formula is C30H26N2O4S. The molecule has 0 saturated carbocycles. The van der Waals surface area contributed by atoms with Gasteiger partial charge < -0.3 is 14.0 Å². The molecule has 0 radical (unpaired) electrons. The van der Waals surface area contributed by atoms with Gasteiger partial charge in [-0.2, -0.15) is 0 Å². The SMILES string of the molecule is COc1ccc(S(=O)(=O)Nc2ccc3c(c2)[C@H](c2ccccc2)[C@@H](c2cn(C)c4ccccc24)O3)cc1. The van der Waals surface area contributed by atoms with E-state index < -0.39 is 10.0 Å². The molecule has 0 saturated heterocycles. The standard InChI is InChI=1S/C30H26N2O4S/c1-32-19-26(24-10-6-7-11-27(24)32)30-29(20-8-4-3-5-9-20)25-18-21(12-17-28(25)36-30)31-37(33,34)23-15-13-22(35-2)14-16-23/h3-19,29-31H,1-2H3/t29-,30+/m0/s1. The highest BCUT2D eigenvalue weighted by Crippen LogP contribution is 2.51. The predicted molar refractivity (Wildman–Crippen MR) is 145 cm³/mol. The van der Waals surface area contributed by atoms with Crippen LogP contribution in [-0.4, -0.2) is 20.1 Å². The highest BCUT2D eigenvalue weighted by atomic mass is 32.2. The minimum Gasteiger partial charge on any atom is -0.497 e. The molecule has 37 heavy (non-hydrogen) atoms. The van der Waals surface area contributed by atoms with Crippen LogP contribution in [0.2, 0.25) is 0 Å². The van der Waals surface area contributed by atoms with Crippen LogP contribution in [0, 0.1) is 0 Å². The lowest BCUT2D eigenvalue weighted by Gasteiger charge is -2.20. The van der Waals surface area contributed by atoms with Gasteiger partial charge in [-0.05, 0) is 54.1 Å². The molecule has 0 bridgehead atoms. The molecule has 6 nitrogen and oxygen atoms in total. The summed E-state index contributed by atoms with van der Waals surface area (Å²) in [4.78, 5) is 0.165. The number of aryl methyl sites for hydroxylation is 1. The van der Waals surface area contributed by atoms with Crippen molar-refractivity contribution in [3.63, 3.8) is 0 Å². The van der Waals surface area contributed by atoms with E-state index in [1.165, 1.54) is 12.1 Å². The van der Waals surface area contributed by atoms with Gasteiger partial charge in [-0.25, -0.2) is 8.42 Å². The summed E-state index contributed by atoms with van der Waals surface area (Å²) in [5, 5.41) is 1.14. The molecule has 7 heteroatoms. The second kappa shape index (κ2) is 9.01. The average Bonchev–Trinajstić information content (AvgIpc) is 3.46. The van der Waals surface area contributed by atoms with Gasteiger partial charge in [-0.15, -0.1) is 0 Å². The summed E-state index contributed by atoms with van der Waals surface area (Å²) in [6.07, 6.45) is 1.88. The van der Waals surface area contributed by atoms with E-state index in [-0.39, 0.29) is 16.9 Å². The lowest BCUT2D eigenvalue weighted by Crippen LogP contribution is -2.13. The molecule has 1 aliphatic heterocycles. The first-order valence-corrected chi connectivity index (χ1v) is 13.5. The third-order valence-corrected chi connectivity index (χ3v) is 8.31. The fourth-order valence-electron chi connectivity index (χ4n) is 5.16. The third-order valence-electron chi connectivity index (χ3n) is 6.92. The number of anilines is 1. The molecule has 6 rings (SSSR count). The van der Waals surface area contributed by atoms with Gasteiger partial charge in [-0.1, -0.05) is 48.5 Å². The van der Waals surface area contributed by atoms with Gasteiger partial charge in [0.1, 0.15) is 17.6 Å². The summed E-state index contributed by atoms with van der Waals surface area (Å²) in [5.74, 6) is 1.24. The van der Waals surface area contributed by atoms with E-state index in [9.17, 15) is 8.42 Å². The Labute approximate surface area is 216 Å². The van der Waals surface area contributed by atoms with Crippen molar-refractivity contribution in [3.05, 3.63) is 120 Å². The van der Waals surface area contributed by atoms with E-state index in [0.717, 1.165) is 33.3 Å². The first kappa shape index (κ1) is 23.2. The molecule has 5 aromatic rings. The van der Waals surface area contributed by atoms with E-state index in [1.54, 1.807) is 25.3 Å². The zero-order valence-corrected chi connectivity index (χ0v) is 21.3. The molecule has 0 fully saturated rings. The first-order chi connectivity index (χ1) is 17.9. The molecule has 186 valence electrons. The lowest BCUT2D eigenvalue weighted by atomic mass is 9.85. The summed E-state index contributed by atoms with van der Waals surface area (Å²) in [7, 11) is -0.195. The number of ether oxygens (including phenoxy) is 2. The summed E-state index contributed by atoms with van der Waals surface area (Å²) in [6, 6.07) is 30.3. The Hall–Kier alpha value is -4.23. The maximum atomic E-state index is 13.1. The molecule has 1 aromatic heterocycles. The van der Waals surface area contributed by atoms with E-state index in [2.05, 4.69) is 39.8 Å². The number of methoxy groups -OCH3 is 1. The van der Waals surface area contributed by atoms with Gasteiger partial charge in [0.05, 0.1) is 17.9 Å². The molecule has 4 aromatic carbocycles. The fourth-order valence-corrected chi connectivity index (χ4v) is 6.21.